The van der Waals surface area contributed by atoms with Crippen LogP contribution in [0.2, 0.25) is 0 Å². The Morgan fingerprint density at radius 2 is 2.17 bits per heavy atom. The first-order valence-electron chi connectivity index (χ1n) is 3.52. The number of hydrogen-bond donors (Lipinski definition) is 0. The third-order valence-corrected chi connectivity index (χ3v) is 1.07. The molecule has 0 fully saturated rings. The van der Waals surface area contributed by atoms with Crippen LogP contribution >= 0.6 is 0 Å². The lowest BCUT2D eigenvalue weighted by atomic mass is 10.4. The van der Waals surface area contributed by atoms with Gasteiger partial charge in [0, 0.05) is 6.92 Å². The predicted octanol–water partition coefficient (Wildman–Crippen LogP) is 0.667. The van der Waals surface area contributed by atoms with Crippen molar-refractivity contribution in [2.24, 2.45) is 0 Å². The fourth-order valence-corrected chi connectivity index (χ4v) is 0.498. The molecule has 0 amide bonds. The summed E-state index contributed by atoms with van der Waals surface area (Å²) in [6.07, 6.45) is 0.984. The number of carbonyl (C=O) groups excluding carboxylic acids is 2. The molecule has 0 rings (SSSR count). The Hall–Kier alpha value is -1.32. The van der Waals surface area contributed by atoms with E-state index in [2.05, 4.69) is 11.3 Å². The summed E-state index contributed by atoms with van der Waals surface area (Å²) in [4.78, 5) is 21.0. The number of Topliss-reactive ketones (excluding diaryl/α,β-unsaturated/α-hetero) is 1. The standard InChI is InChI=1S/C8H12O4/c1-4-11-6(2)5-12-8(10)7(3)9/h4,6H,1,5H2,2-3H3. The van der Waals surface area contributed by atoms with E-state index in [0.717, 1.165) is 6.92 Å². The zero-order valence-electron chi connectivity index (χ0n) is 7.20. The van der Waals surface area contributed by atoms with E-state index in [4.69, 9.17) is 4.74 Å². The third kappa shape index (κ3) is 4.49. The molecule has 0 saturated carbocycles. The summed E-state index contributed by atoms with van der Waals surface area (Å²) < 4.78 is 9.40. The molecule has 0 aromatic carbocycles. The van der Waals surface area contributed by atoms with Gasteiger partial charge in [-0.3, -0.25) is 4.79 Å². The molecule has 0 aliphatic heterocycles. The number of ether oxygens (including phenoxy) is 2. The van der Waals surface area contributed by atoms with Crippen molar-refractivity contribution in [2.75, 3.05) is 6.61 Å². The van der Waals surface area contributed by atoms with E-state index in [-0.39, 0.29) is 12.7 Å². The van der Waals surface area contributed by atoms with Gasteiger partial charge in [0.1, 0.15) is 12.7 Å². The van der Waals surface area contributed by atoms with Gasteiger partial charge in [0.05, 0.1) is 6.26 Å². The monoisotopic (exact) mass is 172 g/mol. The van der Waals surface area contributed by atoms with Crippen molar-refractivity contribution in [1.82, 2.24) is 0 Å². The first-order valence-corrected chi connectivity index (χ1v) is 3.52. The normalized spacial score (nSPS) is 11.5. The summed E-state index contributed by atoms with van der Waals surface area (Å²) in [5, 5.41) is 0. The smallest absolute Gasteiger partial charge is 0.374 e. The van der Waals surface area contributed by atoms with E-state index < -0.39 is 11.8 Å². The van der Waals surface area contributed by atoms with Crippen molar-refractivity contribution in [1.29, 1.82) is 0 Å². The minimum absolute atomic E-state index is 0.0600. The molecule has 0 aromatic heterocycles. The lowest BCUT2D eigenvalue weighted by molar-refractivity contribution is -0.154. The molecule has 68 valence electrons. The fourth-order valence-electron chi connectivity index (χ4n) is 0.498. The zero-order valence-corrected chi connectivity index (χ0v) is 7.20. The molecule has 0 spiro atoms. The quantitative estimate of drug-likeness (QED) is 0.347. The van der Waals surface area contributed by atoms with Crippen molar-refractivity contribution in [3.63, 3.8) is 0 Å². The zero-order chi connectivity index (χ0) is 9.56. The van der Waals surface area contributed by atoms with E-state index in [1.807, 2.05) is 0 Å². The van der Waals surface area contributed by atoms with Gasteiger partial charge >= 0.3 is 5.97 Å². The summed E-state index contributed by atoms with van der Waals surface area (Å²) in [5.41, 5.74) is 0. The van der Waals surface area contributed by atoms with Gasteiger partial charge in [0.25, 0.3) is 0 Å². The Labute approximate surface area is 71.2 Å². The Morgan fingerprint density at radius 1 is 1.58 bits per heavy atom. The van der Waals surface area contributed by atoms with Crippen molar-refractivity contribution in [3.8, 4) is 0 Å². The Balaban J connectivity index is 3.60. The van der Waals surface area contributed by atoms with Crippen LogP contribution in [0, 0.1) is 0 Å². The molecule has 0 aliphatic carbocycles. The van der Waals surface area contributed by atoms with E-state index in [1.165, 1.54) is 6.26 Å². The molecule has 4 heteroatoms. The van der Waals surface area contributed by atoms with E-state index >= 15 is 0 Å². The Morgan fingerprint density at radius 3 is 2.58 bits per heavy atom. The average Bonchev–Trinajstić information content (AvgIpc) is 2.00. The van der Waals surface area contributed by atoms with Crippen LogP contribution in [0.5, 0.6) is 0 Å². The second-order valence-electron chi connectivity index (χ2n) is 2.27. The molecule has 0 aromatic rings. The maximum atomic E-state index is 10.6. The first kappa shape index (κ1) is 10.7. The second-order valence-corrected chi connectivity index (χ2v) is 2.27. The molecule has 0 bridgehead atoms. The van der Waals surface area contributed by atoms with Gasteiger partial charge in [0.2, 0.25) is 5.78 Å². The van der Waals surface area contributed by atoms with Crippen molar-refractivity contribution >= 4 is 11.8 Å². The second kappa shape index (κ2) is 5.35. The maximum absolute atomic E-state index is 10.6. The van der Waals surface area contributed by atoms with E-state index in [1.54, 1.807) is 6.92 Å². The number of esters is 1. The highest BCUT2D eigenvalue weighted by Gasteiger charge is 2.10. The van der Waals surface area contributed by atoms with Gasteiger partial charge in [-0.05, 0) is 6.92 Å². The first-order chi connectivity index (χ1) is 5.57. The molecular formula is C8H12O4. The lowest BCUT2D eigenvalue weighted by Gasteiger charge is -2.09. The van der Waals surface area contributed by atoms with Crippen LogP contribution in [0.3, 0.4) is 0 Å². The topological polar surface area (TPSA) is 52.6 Å². The highest BCUT2D eigenvalue weighted by molar-refractivity contribution is 6.32. The maximum Gasteiger partial charge on any atom is 0.374 e. The lowest BCUT2D eigenvalue weighted by Crippen LogP contribution is -2.21. The molecule has 0 aliphatic rings. The number of rotatable bonds is 5. The van der Waals surface area contributed by atoms with Crippen LogP contribution in [0.1, 0.15) is 13.8 Å². The molecule has 0 heterocycles. The highest BCUT2D eigenvalue weighted by atomic mass is 16.6. The van der Waals surface area contributed by atoms with Crippen LogP contribution < -0.4 is 0 Å². The summed E-state index contributed by atoms with van der Waals surface area (Å²) >= 11 is 0. The van der Waals surface area contributed by atoms with Gasteiger partial charge < -0.3 is 9.47 Å². The molecule has 0 radical (unpaired) electrons. The molecule has 4 nitrogen and oxygen atoms in total. The number of hydrogen-bond acceptors (Lipinski definition) is 4. The van der Waals surface area contributed by atoms with Crippen molar-refractivity contribution in [2.45, 2.75) is 20.0 Å². The Bertz CT molecular complexity index is 185. The third-order valence-electron chi connectivity index (χ3n) is 1.07. The SMILES string of the molecule is C=COC(C)COC(=O)C(C)=O. The fraction of sp³-hybridized carbons (Fsp3) is 0.500. The molecule has 1 atom stereocenters. The molecule has 12 heavy (non-hydrogen) atoms. The van der Waals surface area contributed by atoms with Crippen LogP contribution in [0.25, 0.3) is 0 Å². The minimum atomic E-state index is -0.838. The Kier molecular flexibility index (Phi) is 4.76. The molecule has 0 saturated heterocycles. The number of carbonyl (C=O) groups is 2. The van der Waals surface area contributed by atoms with Gasteiger partial charge in [-0.25, -0.2) is 4.79 Å². The summed E-state index contributed by atoms with van der Waals surface area (Å²) in [6, 6.07) is 0. The molecule has 0 N–H and O–H groups in total. The molecular weight excluding hydrogens is 160 g/mol. The van der Waals surface area contributed by atoms with Crippen molar-refractivity contribution in [3.05, 3.63) is 12.8 Å². The van der Waals surface area contributed by atoms with Gasteiger partial charge in [-0.2, -0.15) is 0 Å². The van der Waals surface area contributed by atoms with E-state index in [0.29, 0.717) is 0 Å². The number of ketones is 1. The molecule has 1 unspecified atom stereocenters. The predicted molar refractivity (Wildman–Crippen MR) is 42.4 cm³/mol. The van der Waals surface area contributed by atoms with Crippen LogP contribution in [0.15, 0.2) is 12.8 Å². The summed E-state index contributed by atoms with van der Waals surface area (Å²) in [6.45, 7) is 6.25. The van der Waals surface area contributed by atoms with Crippen molar-refractivity contribution < 1.29 is 19.1 Å². The van der Waals surface area contributed by atoms with Gasteiger partial charge in [-0.1, -0.05) is 6.58 Å². The van der Waals surface area contributed by atoms with Crippen LogP contribution in [-0.2, 0) is 19.1 Å². The van der Waals surface area contributed by atoms with Crippen LogP contribution in [-0.4, -0.2) is 24.5 Å². The summed E-state index contributed by atoms with van der Waals surface area (Å²) in [7, 11) is 0. The largest absolute Gasteiger partial charge is 0.495 e. The average molecular weight is 172 g/mol. The van der Waals surface area contributed by atoms with Gasteiger partial charge in [0.15, 0.2) is 0 Å². The summed E-state index contributed by atoms with van der Waals surface area (Å²) in [5.74, 6) is -1.45. The minimum Gasteiger partial charge on any atom is -0.495 e. The van der Waals surface area contributed by atoms with Gasteiger partial charge in [-0.15, -0.1) is 0 Å². The van der Waals surface area contributed by atoms with E-state index in [9.17, 15) is 9.59 Å². The van der Waals surface area contributed by atoms with Crippen LogP contribution in [0.4, 0.5) is 0 Å². The highest BCUT2D eigenvalue weighted by Crippen LogP contribution is 1.92.